The molecular weight excluding hydrogens is 268 g/mol. The van der Waals surface area contributed by atoms with Crippen LogP contribution in [-0.4, -0.2) is 39.7 Å². The van der Waals surface area contributed by atoms with E-state index in [-0.39, 0.29) is 0 Å². The Hall–Kier alpha value is -2.15. The first-order valence-electron chi connectivity index (χ1n) is 7.12. The number of aromatic nitrogens is 4. The molecule has 0 saturated carbocycles. The summed E-state index contributed by atoms with van der Waals surface area (Å²) in [7, 11) is 1.64. The molecule has 0 aromatic carbocycles. The highest BCUT2D eigenvalue weighted by Gasteiger charge is 2.04. The third-order valence-electron chi connectivity index (χ3n) is 2.84. The molecule has 7 nitrogen and oxygen atoms in total. The molecule has 0 unspecified atom stereocenters. The van der Waals surface area contributed by atoms with Crippen molar-refractivity contribution in [3.05, 3.63) is 30.6 Å². The van der Waals surface area contributed by atoms with Crippen LogP contribution in [0.4, 0.5) is 11.6 Å². The predicted molar refractivity (Wildman–Crippen MR) is 82.2 cm³/mol. The second-order valence-electron chi connectivity index (χ2n) is 4.64. The summed E-state index contributed by atoms with van der Waals surface area (Å²) in [6.07, 6.45) is 6.56. The molecule has 0 bridgehead atoms. The van der Waals surface area contributed by atoms with Crippen LogP contribution < -0.4 is 10.6 Å². The number of hydrogen-bond donors (Lipinski definition) is 2. The molecule has 21 heavy (non-hydrogen) atoms. The van der Waals surface area contributed by atoms with Crippen LogP contribution in [0.3, 0.4) is 0 Å². The minimum Gasteiger partial charge on any atom is -0.377 e. The quantitative estimate of drug-likeness (QED) is 0.733. The van der Waals surface area contributed by atoms with Crippen LogP contribution in [0, 0.1) is 0 Å². The lowest BCUT2D eigenvalue weighted by Crippen LogP contribution is -2.13. The van der Waals surface area contributed by atoms with Crippen molar-refractivity contribution in [3.8, 4) is 0 Å². The summed E-state index contributed by atoms with van der Waals surface area (Å²) in [5, 5.41) is 6.58. The molecule has 0 atom stereocenters. The van der Waals surface area contributed by atoms with Gasteiger partial charge in [0.2, 0.25) is 0 Å². The Balaban J connectivity index is 1.97. The van der Waals surface area contributed by atoms with E-state index < -0.39 is 0 Å². The summed E-state index contributed by atoms with van der Waals surface area (Å²) >= 11 is 0. The number of ether oxygens (including phenoxy) is 1. The van der Waals surface area contributed by atoms with Crippen LogP contribution in [0.15, 0.2) is 24.8 Å². The maximum Gasteiger partial charge on any atom is 0.158 e. The van der Waals surface area contributed by atoms with E-state index in [0.717, 1.165) is 37.7 Å². The lowest BCUT2D eigenvalue weighted by Gasteiger charge is -2.11. The Morgan fingerprint density at radius 2 is 1.95 bits per heavy atom. The summed E-state index contributed by atoms with van der Waals surface area (Å²) in [4.78, 5) is 12.9. The van der Waals surface area contributed by atoms with E-state index in [1.807, 2.05) is 16.8 Å². The van der Waals surface area contributed by atoms with E-state index in [4.69, 9.17) is 4.74 Å². The second-order valence-corrected chi connectivity index (χ2v) is 4.64. The number of imidazole rings is 1. The number of nitrogens with one attached hydrogen (secondary N) is 2. The third-order valence-corrected chi connectivity index (χ3v) is 2.84. The molecule has 0 saturated heterocycles. The van der Waals surface area contributed by atoms with E-state index in [9.17, 15) is 0 Å². The van der Waals surface area contributed by atoms with Gasteiger partial charge in [0.05, 0.1) is 6.33 Å². The van der Waals surface area contributed by atoms with Crippen LogP contribution in [0.2, 0.25) is 0 Å². The summed E-state index contributed by atoms with van der Waals surface area (Å²) in [5.41, 5.74) is 0. The van der Waals surface area contributed by atoms with E-state index in [0.29, 0.717) is 12.4 Å². The first-order chi connectivity index (χ1) is 10.3. The summed E-state index contributed by atoms with van der Waals surface area (Å²) in [6, 6.07) is 1.92. The standard InChI is InChI=1S/C14H22N6O/c1-3-4-16-12-9-13(19-14(18-12)10-21-2)17-6-8-20-7-5-15-11-20/h5,7,9,11H,3-4,6,8,10H2,1-2H3,(H2,16,17,18,19). The molecule has 0 aliphatic rings. The van der Waals surface area contributed by atoms with Gasteiger partial charge in [-0.1, -0.05) is 6.92 Å². The first kappa shape index (κ1) is 15.2. The zero-order valence-corrected chi connectivity index (χ0v) is 12.5. The van der Waals surface area contributed by atoms with Crippen molar-refractivity contribution in [2.45, 2.75) is 26.5 Å². The molecule has 2 rings (SSSR count). The molecule has 0 amide bonds. The smallest absolute Gasteiger partial charge is 0.158 e. The largest absolute Gasteiger partial charge is 0.377 e. The molecule has 2 heterocycles. The van der Waals surface area contributed by atoms with Crippen molar-refractivity contribution >= 4 is 11.6 Å². The average Bonchev–Trinajstić information content (AvgIpc) is 2.99. The zero-order valence-electron chi connectivity index (χ0n) is 12.5. The van der Waals surface area contributed by atoms with Gasteiger partial charge < -0.3 is 19.9 Å². The first-order valence-corrected chi connectivity index (χ1v) is 7.12. The zero-order chi connectivity index (χ0) is 14.9. The Morgan fingerprint density at radius 1 is 1.19 bits per heavy atom. The lowest BCUT2D eigenvalue weighted by molar-refractivity contribution is 0.178. The van der Waals surface area contributed by atoms with Crippen molar-refractivity contribution in [1.82, 2.24) is 19.5 Å². The average molecular weight is 290 g/mol. The SMILES string of the molecule is CCCNc1cc(NCCn2ccnc2)nc(COC)n1. The molecule has 114 valence electrons. The maximum absolute atomic E-state index is 5.11. The Morgan fingerprint density at radius 3 is 2.57 bits per heavy atom. The van der Waals surface area contributed by atoms with Crippen molar-refractivity contribution < 1.29 is 4.74 Å². The highest BCUT2D eigenvalue weighted by atomic mass is 16.5. The number of rotatable bonds is 9. The molecular formula is C14H22N6O. The monoisotopic (exact) mass is 290 g/mol. The molecule has 0 radical (unpaired) electrons. The van der Waals surface area contributed by atoms with Gasteiger partial charge in [0.25, 0.3) is 0 Å². The van der Waals surface area contributed by atoms with Crippen molar-refractivity contribution in [2.75, 3.05) is 30.8 Å². The molecule has 2 N–H and O–H groups in total. The van der Waals surface area contributed by atoms with Crippen LogP contribution >= 0.6 is 0 Å². The van der Waals surface area contributed by atoms with E-state index >= 15 is 0 Å². The topological polar surface area (TPSA) is 76.9 Å². The predicted octanol–water partition coefficient (Wildman–Crippen LogP) is 1.75. The third kappa shape index (κ3) is 5.03. The van der Waals surface area contributed by atoms with E-state index in [2.05, 4.69) is 32.5 Å². The number of hydrogen-bond acceptors (Lipinski definition) is 6. The van der Waals surface area contributed by atoms with Gasteiger partial charge >= 0.3 is 0 Å². The van der Waals surface area contributed by atoms with E-state index in [1.54, 1.807) is 19.6 Å². The molecule has 7 heteroatoms. The van der Waals surface area contributed by atoms with Gasteiger partial charge in [-0.3, -0.25) is 0 Å². The van der Waals surface area contributed by atoms with Gasteiger partial charge in [0.15, 0.2) is 5.82 Å². The van der Waals surface area contributed by atoms with Gasteiger partial charge in [0.1, 0.15) is 18.2 Å². The van der Waals surface area contributed by atoms with Crippen LogP contribution in [0.25, 0.3) is 0 Å². The molecule has 0 fully saturated rings. The fourth-order valence-electron chi connectivity index (χ4n) is 1.86. The fourth-order valence-corrected chi connectivity index (χ4v) is 1.86. The van der Waals surface area contributed by atoms with Crippen molar-refractivity contribution in [1.29, 1.82) is 0 Å². The number of methoxy groups -OCH3 is 1. The van der Waals surface area contributed by atoms with Crippen LogP contribution in [0.1, 0.15) is 19.2 Å². The molecule has 0 spiro atoms. The minimum atomic E-state index is 0.401. The lowest BCUT2D eigenvalue weighted by atomic mass is 10.4. The van der Waals surface area contributed by atoms with Crippen LogP contribution in [0.5, 0.6) is 0 Å². The summed E-state index contributed by atoms with van der Waals surface area (Å²) < 4.78 is 7.13. The summed E-state index contributed by atoms with van der Waals surface area (Å²) in [5.74, 6) is 2.29. The second kappa shape index (κ2) is 8.21. The van der Waals surface area contributed by atoms with Crippen molar-refractivity contribution in [2.24, 2.45) is 0 Å². The van der Waals surface area contributed by atoms with Crippen molar-refractivity contribution in [3.63, 3.8) is 0 Å². The maximum atomic E-state index is 5.11. The van der Waals surface area contributed by atoms with Gasteiger partial charge in [-0.15, -0.1) is 0 Å². The van der Waals surface area contributed by atoms with Crippen LogP contribution in [-0.2, 0) is 17.9 Å². The Labute approximate surface area is 124 Å². The molecule has 2 aromatic rings. The normalized spacial score (nSPS) is 10.6. The minimum absolute atomic E-state index is 0.401. The summed E-state index contributed by atoms with van der Waals surface area (Å²) in [6.45, 7) is 5.01. The van der Waals surface area contributed by atoms with E-state index in [1.165, 1.54) is 0 Å². The highest BCUT2D eigenvalue weighted by Crippen LogP contribution is 2.12. The van der Waals surface area contributed by atoms with Gasteiger partial charge in [-0.25, -0.2) is 15.0 Å². The fraction of sp³-hybridized carbons (Fsp3) is 0.500. The Bertz CT molecular complexity index is 528. The van der Waals surface area contributed by atoms with Gasteiger partial charge in [0, 0.05) is 45.2 Å². The molecule has 0 aliphatic heterocycles. The molecule has 2 aromatic heterocycles. The van der Waals surface area contributed by atoms with Gasteiger partial charge in [-0.2, -0.15) is 0 Å². The number of anilines is 2. The number of nitrogens with zero attached hydrogens (tertiary/aromatic N) is 4. The molecule has 0 aliphatic carbocycles. The highest BCUT2D eigenvalue weighted by molar-refractivity contribution is 5.47. The van der Waals surface area contributed by atoms with Gasteiger partial charge in [-0.05, 0) is 6.42 Å². The Kier molecular flexibility index (Phi) is 5.96.